The Morgan fingerprint density at radius 1 is 1.40 bits per heavy atom. The molecule has 5 nitrogen and oxygen atoms in total. The van der Waals surface area contributed by atoms with E-state index >= 15 is 0 Å². The van der Waals surface area contributed by atoms with E-state index in [1.165, 1.54) is 0 Å². The van der Waals surface area contributed by atoms with Gasteiger partial charge in [-0.1, -0.05) is 6.07 Å². The van der Waals surface area contributed by atoms with Gasteiger partial charge in [-0.15, -0.1) is 0 Å². The van der Waals surface area contributed by atoms with Gasteiger partial charge < -0.3 is 10.2 Å². The van der Waals surface area contributed by atoms with Crippen LogP contribution in [0.4, 0.5) is 5.82 Å². The lowest BCUT2D eigenvalue weighted by molar-refractivity contribution is 0.0337. The Morgan fingerprint density at radius 3 is 2.93 bits per heavy atom. The molecule has 0 atom stereocenters. The van der Waals surface area contributed by atoms with Crippen LogP contribution >= 0.6 is 0 Å². The van der Waals surface area contributed by atoms with Crippen LogP contribution < -0.4 is 11.3 Å². The normalized spacial score (nSPS) is 17.7. The van der Waals surface area contributed by atoms with Gasteiger partial charge in [-0.2, -0.15) is 0 Å². The lowest BCUT2D eigenvalue weighted by Crippen LogP contribution is -2.35. The average molecular weight is 208 g/mol. The minimum atomic E-state index is 0.709. The SMILES string of the molecule is NNc1cccc(CN2CCOCC2)n1. The number of hydrogen-bond acceptors (Lipinski definition) is 5. The molecule has 0 unspecified atom stereocenters. The molecule has 0 aliphatic carbocycles. The second-order valence-electron chi connectivity index (χ2n) is 3.55. The molecule has 2 rings (SSSR count). The first-order valence-electron chi connectivity index (χ1n) is 5.11. The van der Waals surface area contributed by atoms with Crippen LogP contribution in [0.5, 0.6) is 0 Å². The number of hydrogen-bond donors (Lipinski definition) is 2. The van der Waals surface area contributed by atoms with Gasteiger partial charge in [0.1, 0.15) is 5.82 Å². The molecule has 1 aromatic rings. The summed E-state index contributed by atoms with van der Waals surface area (Å²) in [7, 11) is 0. The predicted octanol–water partition coefficient (Wildman–Crippen LogP) is 0.199. The van der Waals surface area contributed by atoms with E-state index in [0.717, 1.165) is 38.5 Å². The number of hydrazine groups is 1. The third-order valence-corrected chi connectivity index (χ3v) is 2.44. The molecule has 0 saturated carbocycles. The smallest absolute Gasteiger partial charge is 0.140 e. The van der Waals surface area contributed by atoms with Crippen molar-refractivity contribution in [3.8, 4) is 0 Å². The van der Waals surface area contributed by atoms with Gasteiger partial charge in [0.2, 0.25) is 0 Å². The van der Waals surface area contributed by atoms with E-state index < -0.39 is 0 Å². The number of nitrogens with one attached hydrogen (secondary N) is 1. The van der Waals surface area contributed by atoms with Crippen molar-refractivity contribution < 1.29 is 4.74 Å². The van der Waals surface area contributed by atoms with Crippen molar-refractivity contribution in [1.29, 1.82) is 0 Å². The summed E-state index contributed by atoms with van der Waals surface area (Å²) in [5.74, 6) is 6.01. The van der Waals surface area contributed by atoms with E-state index in [0.29, 0.717) is 5.82 Å². The first-order valence-corrected chi connectivity index (χ1v) is 5.11. The van der Waals surface area contributed by atoms with Crippen molar-refractivity contribution in [3.63, 3.8) is 0 Å². The molecule has 0 amide bonds. The molecule has 5 heteroatoms. The molecule has 0 bridgehead atoms. The van der Waals surface area contributed by atoms with E-state index in [9.17, 15) is 0 Å². The van der Waals surface area contributed by atoms with Gasteiger partial charge >= 0.3 is 0 Å². The summed E-state index contributed by atoms with van der Waals surface area (Å²) in [4.78, 5) is 6.69. The molecule has 1 aromatic heterocycles. The number of anilines is 1. The molecule has 1 aliphatic heterocycles. The summed E-state index contributed by atoms with van der Waals surface area (Å²) in [5.41, 5.74) is 3.58. The number of ether oxygens (including phenoxy) is 1. The maximum Gasteiger partial charge on any atom is 0.140 e. The summed E-state index contributed by atoms with van der Waals surface area (Å²) >= 11 is 0. The molecule has 82 valence electrons. The van der Waals surface area contributed by atoms with Crippen LogP contribution in [-0.2, 0) is 11.3 Å². The van der Waals surface area contributed by atoms with E-state index in [4.69, 9.17) is 10.6 Å². The molecule has 15 heavy (non-hydrogen) atoms. The molecule has 0 spiro atoms. The minimum absolute atomic E-state index is 0.709. The first-order chi connectivity index (χ1) is 7.38. The van der Waals surface area contributed by atoms with Gasteiger partial charge in [-0.05, 0) is 12.1 Å². The fourth-order valence-corrected chi connectivity index (χ4v) is 1.64. The molecule has 0 radical (unpaired) electrons. The van der Waals surface area contributed by atoms with E-state index in [1.807, 2.05) is 18.2 Å². The van der Waals surface area contributed by atoms with Gasteiger partial charge in [0.25, 0.3) is 0 Å². The lowest BCUT2D eigenvalue weighted by atomic mass is 10.3. The number of nitrogens with zero attached hydrogens (tertiary/aromatic N) is 2. The summed E-state index contributed by atoms with van der Waals surface area (Å²) < 4.78 is 5.29. The molecule has 1 fully saturated rings. The zero-order chi connectivity index (χ0) is 10.5. The Balaban J connectivity index is 1.96. The van der Waals surface area contributed by atoms with Crippen LogP contribution in [0, 0.1) is 0 Å². The summed E-state index contributed by atoms with van der Waals surface area (Å²) in [6.45, 7) is 4.44. The van der Waals surface area contributed by atoms with E-state index in [-0.39, 0.29) is 0 Å². The molecular formula is C10H16N4O. The Kier molecular flexibility index (Phi) is 3.49. The largest absolute Gasteiger partial charge is 0.379 e. The third-order valence-electron chi connectivity index (χ3n) is 2.44. The number of morpholine rings is 1. The van der Waals surface area contributed by atoms with E-state index in [2.05, 4.69) is 15.3 Å². The van der Waals surface area contributed by atoms with Crippen molar-refractivity contribution in [2.45, 2.75) is 6.54 Å². The van der Waals surface area contributed by atoms with Crippen LogP contribution in [0.2, 0.25) is 0 Å². The second kappa shape index (κ2) is 5.06. The van der Waals surface area contributed by atoms with Gasteiger partial charge in [0.05, 0.1) is 18.9 Å². The highest BCUT2D eigenvalue weighted by Crippen LogP contribution is 2.07. The summed E-state index contributed by atoms with van der Waals surface area (Å²) in [5, 5.41) is 0. The van der Waals surface area contributed by atoms with Crippen LogP contribution in [0.25, 0.3) is 0 Å². The highest BCUT2D eigenvalue weighted by Gasteiger charge is 2.11. The number of aromatic nitrogens is 1. The zero-order valence-corrected chi connectivity index (χ0v) is 8.65. The Hall–Kier alpha value is -1.17. The Labute approximate surface area is 89.2 Å². The first kappa shape index (κ1) is 10.4. The highest BCUT2D eigenvalue weighted by molar-refractivity contribution is 5.33. The summed E-state index contributed by atoms with van der Waals surface area (Å²) in [6.07, 6.45) is 0. The second-order valence-corrected chi connectivity index (χ2v) is 3.55. The fraction of sp³-hybridized carbons (Fsp3) is 0.500. The van der Waals surface area contributed by atoms with Gasteiger partial charge in [0.15, 0.2) is 0 Å². The summed E-state index contributed by atoms with van der Waals surface area (Å²) in [6, 6.07) is 5.82. The Bertz CT molecular complexity index is 312. The van der Waals surface area contributed by atoms with Crippen molar-refractivity contribution in [2.24, 2.45) is 5.84 Å². The number of pyridine rings is 1. The van der Waals surface area contributed by atoms with Crippen molar-refractivity contribution in [2.75, 3.05) is 31.7 Å². The van der Waals surface area contributed by atoms with Gasteiger partial charge in [-0.3, -0.25) is 4.90 Å². The van der Waals surface area contributed by atoms with Crippen LogP contribution in [0.15, 0.2) is 18.2 Å². The monoisotopic (exact) mass is 208 g/mol. The Morgan fingerprint density at radius 2 is 2.20 bits per heavy atom. The molecule has 0 aromatic carbocycles. The molecule has 3 N–H and O–H groups in total. The third kappa shape index (κ3) is 2.89. The lowest BCUT2D eigenvalue weighted by Gasteiger charge is -2.26. The van der Waals surface area contributed by atoms with E-state index in [1.54, 1.807) is 0 Å². The number of nitrogens with two attached hydrogens (primary N) is 1. The maximum atomic E-state index is 5.31. The predicted molar refractivity (Wildman–Crippen MR) is 58.1 cm³/mol. The highest BCUT2D eigenvalue weighted by atomic mass is 16.5. The number of rotatable bonds is 3. The topological polar surface area (TPSA) is 63.4 Å². The quantitative estimate of drug-likeness (QED) is 0.549. The zero-order valence-electron chi connectivity index (χ0n) is 8.65. The van der Waals surface area contributed by atoms with Gasteiger partial charge in [-0.25, -0.2) is 10.8 Å². The maximum absolute atomic E-state index is 5.31. The van der Waals surface area contributed by atoms with Crippen LogP contribution in [-0.4, -0.2) is 36.2 Å². The van der Waals surface area contributed by atoms with Gasteiger partial charge in [0, 0.05) is 19.6 Å². The van der Waals surface area contributed by atoms with Crippen molar-refractivity contribution in [1.82, 2.24) is 9.88 Å². The molecule has 1 saturated heterocycles. The molecular weight excluding hydrogens is 192 g/mol. The standard InChI is InChI=1S/C10H16N4O/c11-13-10-3-1-2-9(12-10)8-14-4-6-15-7-5-14/h1-3H,4-8,11H2,(H,12,13). The van der Waals surface area contributed by atoms with Crippen LogP contribution in [0.1, 0.15) is 5.69 Å². The fourth-order valence-electron chi connectivity index (χ4n) is 1.64. The molecule has 1 aliphatic rings. The number of nitrogen functional groups attached to an aromatic ring is 1. The van der Waals surface area contributed by atoms with Crippen LogP contribution in [0.3, 0.4) is 0 Å². The minimum Gasteiger partial charge on any atom is -0.379 e. The van der Waals surface area contributed by atoms with Crippen molar-refractivity contribution >= 4 is 5.82 Å². The van der Waals surface area contributed by atoms with Crippen molar-refractivity contribution in [3.05, 3.63) is 23.9 Å². The molecule has 2 heterocycles. The average Bonchev–Trinajstić information content (AvgIpc) is 2.31.